The monoisotopic (exact) mass is 239 g/mol. The summed E-state index contributed by atoms with van der Waals surface area (Å²) < 4.78 is 0. The van der Waals surface area contributed by atoms with E-state index in [1.54, 1.807) is 0 Å². The highest BCUT2D eigenvalue weighted by Crippen LogP contribution is 2.08. The van der Waals surface area contributed by atoms with Crippen molar-refractivity contribution in [2.75, 3.05) is 0 Å². The minimum absolute atomic E-state index is 0.179. The Kier molecular flexibility index (Phi) is 2.73. The normalized spacial score (nSPS) is 22.5. The molecule has 0 aliphatic carbocycles. The number of amides is 2. The Hall–Kier alpha value is -2.45. The van der Waals surface area contributed by atoms with Gasteiger partial charge in [-0.2, -0.15) is 15.0 Å². The molecule has 0 radical (unpaired) electrons. The summed E-state index contributed by atoms with van der Waals surface area (Å²) in [6.45, 7) is 0.199. The molecule has 17 heavy (non-hydrogen) atoms. The zero-order chi connectivity index (χ0) is 12.4. The quantitative estimate of drug-likeness (QED) is 0.421. The van der Waals surface area contributed by atoms with Crippen molar-refractivity contribution >= 4 is 18.3 Å². The van der Waals surface area contributed by atoms with Crippen molar-refractivity contribution in [2.45, 2.75) is 18.6 Å². The topological polar surface area (TPSA) is 126 Å². The van der Waals surface area contributed by atoms with Crippen LogP contribution in [0.15, 0.2) is 6.20 Å². The number of rotatable bonds is 4. The summed E-state index contributed by atoms with van der Waals surface area (Å²) in [5.74, 6) is -0.389. The van der Waals surface area contributed by atoms with Crippen molar-refractivity contribution in [2.24, 2.45) is 0 Å². The number of aromatic nitrogens is 3. The van der Waals surface area contributed by atoms with Gasteiger partial charge < -0.3 is 15.7 Å². The van der Waals surface area contributed by atoms with E-state index in [0.29, 0.717) is 6.29 Å². The molecule has 0 spiro atoms. The van der Waals surface area contributed by atoms with Crippen molar-refractivity contribution in [3.63, 3.8) is 0 Å². The number of carboxylic acid groups (broad SMARTS) is 1. The Morgan fingerprint density at radius 1 is 1.71 bits per heavy atom. The van der Waals surface area contributed by atoms with Crippen LogP contribution >= 0.6 is 0 Å². The van der Waals surface area contributed by atoms with Gasteiger partial charge in [-0.1, -0.05) is 0 Å². The van der Waals surface area contributed by atoms with Crippen LogP contribution in [0, 0.1) is 0 Å². The first-order valence-electron chi connectivity index (χ1n) is 4.75. The van der Waals surface area contributed by atoms with Crippen molar-refractivity contribution in [3.05, 3.63) is 11.9 Å². The lowest BCUT2D eigenvalue weighted by molar-refractivity contribution is -0.131. The second-order valence-electron chi connectivity index (χ2n) is 3.48. The van der Waals surface area contributed by atoms with Crippen LogP contribution in [-0.2, 0) is 11.3 Å². The van der Waals surface area contributed by atoms with Gasteiger partial charge >= 0.3 is 6.09 Å². The smallest absolute Gasteiger partial charge is 0.405 e. The summed E-state index contributed by atoms with van der Waals surface area (Å²) in [6.07, 6.45) is 0.569. The lowest BCUT2D eigenvalue weighted by Gasteiger charge is -2.35. The summed E-state index contributed by atoms with van der Waals surface area (Å²) >= 11 is 0. The van der Waals surface area contributed by atoms with Gasteiger partial charge in [0.1, 0.15) is 11.7 Å². The molecule has 0 bridgehead atoms. The lowest BCUT2D eigenvalue weighted by atomic mass is 9.99. The van der Waals surface area contributed by atoms with Gasteiger partial charge in [0, 0.05) is 0 Å². The summed E-state index contributed by atoms with van der Waals surface area (Å²) in [4.78, 5) is 33.1. The Morgan fingerprint density at radius 3 is 3.00 bits per heavy atom. The van der Waals surface area contributed by atoms with Crippen LogP contribution in [-0.4, -0.2) is 50.5 Å². The first-order valence-corrected chi connectivity index (χ1v) is 4.75. The average Bonchev–Trinajstić information content (AvgIpc) is 2.73. The molecule has 1 aliphatic heterocycles. The molecule has 2 rings (SSSR count). The fourth-order valence-corrected chi connectivity index (χ4v) is 1.52. The highest BCUT2D eigenvalue weighted by atomic mass is 16.4. The van der Waals surface area contributed by atoms with E-state index in [0.717, 1.165) is 0 Å². The maximum absolute atomic E-state index is 11.1. The predicted molar refractivity (Wildman–Crippen MR) is 52.3 cm³/mol. The first kappa shape index (κ1) is 11.0. The van der Waals surface area contributed by atoms with E-state index >= 15 is 0 Å². The van der Waals surface area contributed by atoms with E-state index in [-0.39, 0.29) is 18.1 Å². The molecule has 1 aliphatic rings. The van der Waals surface area contributed by atoms with Crippen molar-refractivity contribution in [1.82, 2.24) is 25.6 Å². The van der Waals surface area contributed by atoms with Crippen molar-refractivity contribution in [3.8, 4) is 0 Å². The molecule has 9 nitrogen and oxygen atoms in total. The van der Waals surface area contributed by atoms with E-state index in [9.17, 15) is 14.4 Å². The zero-order valence-corrected chi connectivity index (χ0v) is 8.53. The van der Waals surface area contributed by atoms with E-state index in [2.05, 4.69) is 20.8 Å². The molecule has 2 heterocycles. The molecule has 1 aromatic rings. The minimum Gasteiger partial charge on any atom is -0.465 e. The fourth-order valence-electron chi connectivity index (χ4n) is 1.52. The number of β-lactam (4-membered cyclic amide) rings is 1. The number of hydrogen-bond acceptors (Lipinski definition) is 5. The summed E-state index contributed by atoms with van der Waals surface area (Å²) in [7, 11) is 0. The molecule has 0 saturated carbocycles. The molecule has 90 valence electrons. The van der Waals surface area contributed by atoms with Crippen LogP contribution in [0.3, 0.4) is 0 Å². The molecule has 0 aromatic carbocycles. The summed E-state index contributed by atoms with van der Waals surface area (Å²) in [5.41, 5.74) is 0.179. The fraction of sp³-hybridized carbons (Fsp3) is 0.375. The van der Waals surface area contributed by atoms with Gasteiger partial charge in [0.05, 0.1) is 18.8 Å². The third-order valence-electron chi connectivity index (χ3n) is 2.33. The predicted octanol–water partition coefficient (Wildman–Crippen LogP) is -1.77. The van der Waals surface area contributed by atoms with Gasteiger partial charge in [-0.15, -0.1) is 0 Å². The van der Waals surface area contributed by atoms with Crippen LogP contribution < -0.4 is 10.6 Å². The molecular formula is C8H9N5O4. The van der Waals surface area contributed by atoms with Gasteiger partial charge in [-0.05, 0) is 0 Å². The second-order valence-corrected chi connectivity index (χ2v) is 3.48. The third-order valence-corrected chi connectivity index (χ3v) is 2.33. The van der Waals surface area contributed by atoms with Crippen LogP contribution in [0.25, 0.3) is 0 Å². The number of nitrogens with one attached hydrogen (secondary N) is 2. The average molecular weight is 239 g/mol. The Balaban J connectivity index is 1.97. The molecule has 9 heteroatoms. The lowest BCUT2D eigenvalue weighted by Crippen LogP contribution is -2.70. The maximum atomic E-state index is 11.1. The molecular weight excluding hydrogens is 230 g/mol. The summed E-state index contributed by atoms with van der Waals surface area (Å²) in [5, 5.41) is 20.7. The highest BCUT2D eigenvalue weighted by molar-refractivity contribution is 5.91. The van der Waals surface area contributed by atoms with Gasteiger partial charge in [0.2, 0.25) is 5.91 Å². The van der Waals surface area contributed by atoms with E-state index in [4.69, 9.17) is 5.11 Å². The number of aldehydes is 1. The number of hydrogen-bond donors (Lipinski definition) is 3. The van der Waals surface area contributed by atoms with Gasteiger partial charge in [-0.3, -0.25) is 9.59 Å². The van der Waals surface area contributed by atoms with Crippen LogP contribution in [0.2, 0.25) is 0 Å². The molecule has 1 aromatic heterocycles. The largest absolute Gasteiger partial charge is 0.465 e. The van der Waals surface area contributed by atoms with Gasteiger partial charge in [0.15, 0.2) is 6.29 Å². The standard InChI is InChI=1S/C8H9N5O4/c14-3-4-1-9-13(12-4)2-5-6(7(15)10-5)11-8(16)17/h1,3,5-6,11H,2H2,(H,10,15)(H,16,17)/t5-,6+/m1/s1. The maximum Gasteiger partial charge on any atom is 0.405 e. The van der Waals surface area contributed by atoms with Gasteiger partial charge in [-0.25, -0.2) is 4.79 Å². The van der Waals surface area contributed by atoms with Crippen molar-refractivity contribution < 1.29 is 19.5 Å². The number of nitrogens with zero attached hydrogens (tertiary/aromatic N) is 3. The van der Waals surface area contributed by atoms with E-state index in [1.807, 2.05) is 0 Å². The minimum atomic E-state index is -1.27. The Labute approximate surface area is 94.8 Å². The molecule has 2 amide bonds. The number of carbonyl (C=O) groups is 3. The zero-order valence-electron chi connectivity index (χ0n) is 8.53. The van der Waals surface area contributed by atoms with Crippen LogP contribution in [0.4, 0.5) is 4.79 Å². The molecule has 1 saturated heterocycles. The summed E-state index contributed by atoms with van der Waals surface area (Å²) in [6, 6.07) is -1.22. The molecule has 0 unspecified atom stereocenters. The van der Waals surface area contributed by atoms with Crippen molar-refractivity contribution in [1.29, 1.82) is 0 Å². The second kappa shape index (κ2) is 4.20. The highest BCUT2D eigenvalue weighted by Gasteiger charge is 2.40. The molecule has 3 N–H and O–H groups in total. The van der Waals surface area contributed by atoms with Crippen LogP contribution in [0.1, 0.15) is 10.5 Å². The molecule has 1 fully saturated rings. The SMILES string of the molecule is O=Cc1cnn(C[C@H]2NC(=O)[C@H]2NC(=O)O)n1. The number of carbonyl (C=O) groups excluding carboxylic acids is 2. The van der Waals surface area contributed by atoms with Gasteiger partial charge in [0.25, 0.3) is 0 Å². The van der Waals surface area contributed by atoms with Crippen LogP contribution in [0.5, 0.6) is 0 Å². The third kappa shape index (κ3) is 2.22. The van der Waals surface area contributed by atoms with E-state index < -0.39 is 18.2 Å². The Bertz CT molecular complexity index is 470. The first-order chi connectivity index (χ1) is 8.10. The Morgan fingerprint density at radius 2 is 2.47 bits per heavy atom. The van der Waals surface area contributed by atoms with E-state index in [1.165, 1.54) is 11.0 Å². The molecule has 2 atom stereocenters.